The van der Waals surface area contributed by atoms with Gasteiger partial charge in [-0.15, -0.1) is 0 Å². The smallest absolute Gasteiger partial charge is 0.309 e. The maximum absolute atomic E-state index is 11.7. The van der Waals surface area contributed by atoms with E-state index in [4.69, 9.17) is 4.74 Å². The van der Waals surface area contributed by atoms with E-state index < -0.39 is 0 Å². The summed E-state index contributed by atoms with van der Waals surface area (Å²) in [5.74, 6) is -0.0301. The van der Waals surface area contributed by atoms with Gasteiger partial charge >= 0.3 is 5.97 Å². The second kappa shape index (κ2) is 7.36. The van der Waals surface area contributed by atoms with Crippen molar-refractivity contribution in [3.63, 3.8) is 0 Å². The van der Waals surface area contributed by atoms with E-state index in [-0.39, 0.29) is 23.8 Å². The summed E-state index contributed by atoms with van der Waals surface area (Å²) in [6, 6.07) is -0.118. The van der Waals surface area contributed by atoms with Crippen molar-refractivity contribution in [3.05, 3.63) is 0 Å². The van der Waals surface area contributed by atoms with Gasteiger partial charge in [-0.2, -0.15) is 0 Å². The van der Waals surface area contributed by atoms with Gasteiger partial charge in [0.2, 0.25) is 5.91 Å². The van der Waals surface area contributed by atoms with Crippen LogP contribution < -0.4 is 5.32 Å². The van der Waals surface area contributed by atoms with Crippen LogP contribution in [0.25, 0.3) is 0 Å². The van der Waals surface area contributed by atoms with Gasteiger partial charge in [-0.05, 0) is 46.7 Å². The van der Waals surface area contributed by atoms with Crippen LogP contribution in [0.4, 0.5) is 0 Å². The van der Waals surface area contributed by atoms with Gasteiger partial charge in [-0.25, -0.2) is 0 Å². The Balaban J connectivity index is 2.39. The number of carbonyl (C=O) groups is 2. The zero-order chi connectivity index (χ0) is 13.5. The van der Waals surface area contributed by atoms with Crippen molar-refractivity contribution in [2.45, 2.75) is 39.7 Å². The number of nitrogens with one attached hydrogen (secondary N) is 1. The van der Waals surface area contributed by atoms with E-state index in [1.165, 1.54) is 0 Å². The average Bonchev–Trinajstić information content (AvgIpc) is 2.38. The molecule has 0 bridgehead atoms. The molecular weight excluding hydrogens is 232 g/mol. The van der Waals surface area contributed by atoms with E-state index in [1.807, 2.05) is 20.8 Å². The molecule has 0 aliphatic carbocycles. The lowest BCUT2D eigenvalue weighted by atomic mass is 9.96. The Morgan fingerprint density at radius 3 is 2.44 bits per heavy atom. The molecule has 1 N–H and O–H groups in total. The zero-order valence-electron chi connectivity index (χ0n) is 11.6. The minimum atomic E-state index is -0.118. The second-order valence-corrected chi connectivity index (χ2v) is 4.63. The number of hydrogen-bond donors (Lipinski definition) is 1. The first-order valence-electron chi connectivity index (χ1n) is 6.78. The molecule has 1 unspecified atom stereocenters. The highest BCUT2D eigenvalue weighted by molar-refractivity contribution is 5.81. The Morgan fingerprint density at radius 1 is 1.33 bits per heavy atom. The number of likely N-dealkylation sites (N-methyl/N-ethyl adjacent to an activating group) is 1. The van der Waals surface area contributed by atoms with Crippen LogP contribution in [0.1, 0.15) is 33.6 Å². The number of amides is 1. The minimum absolute atomic E-state index is 0.00244. The number of nitrogens with zero attached hydrogens (tertiary/aromatic N) is 1. The molecule has 104 valence electrons. The van der Waals surface area contributed by atoms with Gasteiger partial charge in [0.05, 0.1) is 18.6 Å². The van der Waals surface area contributed by atoms with Crippen molar-refractivity contribution in [1.29, 1.82) is 0 Å². The zero-order valence-corrected chi connectivity index (χ0v) is 11.6. The molecule has 1 aliphatic heterocycles. The molecule has 1 amide bonds. The van der Waals surface area contributed by atoms with Crippen LogP contribution in [0, 0.1) is 5.92 Å². The van der Waals surface area contributed by atoms with Gasteiger partial charge in [0.15, 0.2) is 0 Å². The Morgan fingerprint density at radius 2 is 1.94 bits per heavy atom. The minimum Gasteiger partial charge on any atom is -0.466 e. The Bertz CT molecular complexity index is 286. The molecule has 0 saturated carbocycles. The number of hydrogen-bond acceptors (Lipinski definition) is 4. The van der Waals surface area contributed by atoms with Gasteiger partial charge in [0.1, 0.15) is 0 Å². The number of likely N-dealkylation sites (tertiary alicyclic amines) is 1. The molecule has 1 aliphatic rings. The lowest BCUT2D eigenvalue weighted by Crippen LogP contribution is -2.49. The summed E-state index contributed by atoms with van der Waals surface area (Å²) in [4.78, 5) is 25.4. The van der Waals surface area contributed by atoms with Crippen molar-refractivity contribution < 1.29 is 14.3 Å². The average molecular weight is 256 g/mol. The molecule has 0 spiro atoms. The fraction of sp³-hybridized carbons (Fsp3) is 0.846. The SMILES string of the molecule is CCNC(=O)C(C)N1CCC(C(=O)OCC)CC1. The first kappa shape index (κ1) is 15.0. The topological polar surface area (TPSA) is 58.6 Å². The van der Waals surface area contributed by atoms with Crippen LogP contribution in [0.5, 0.6) is 0 Å². The van der Waals surface area contributed by atoms with Crippen molar-refractivity contribution in [2.75, 3.05) is 26.2 Å². The van der Waals surface area contributed by atoms with E-state index in [0.717, 1.165) is 25.9 Å². The van der Waals surface area contributed by atoms with Crippen molar-refractivity contribution in [2.24, 2.45) is 5.92 Å². The summed E-state index contributed by atoms with van der Waals surface area (Å²) in [7, 11) is 0. The van der Waals surface area contributed by atoms with Crippen LogP contribution >= 0.6 is 0 Å². The molecule has 1 rings (SSSR count). The van der Waals surface area contributed by atoms with Gasteiger partial charge in [-0.3, -0.25) is 14.5 Å². The van der Waals surface area contributed by atoms with Gasteiger partial charge < -0.3 is 10.1 Å². The van der Waals surface area contributed by atoms with Crippen molar-refractivity contribution in [3.8, 4) is 0 Å². The third-order valence-corrected chi connectivity index (χ3v) is 3.43. The lowest BCUT2D eigenvalue weighted by Gasteiger charge is -2.34. The summed E-state index contributed by atoms with van der Waals surface area (Å²) in [5, 5.41) is 2.82. The maximum Gasteiger partial charge on any atom is 0.309 e. The largest absolute Gasteiger partial charge is 0.466 e. The standard InChI is InChI=1S/C13H24N2O3/c1-4-14-12(16)10(3)15-8-6-11(7-9-15)13(17)18-5-2/h10-11H,4-9H2,1-3H3,(H,14,16). The summed E-state index contributed by atoms with van der Waals surface area (Å²) in [5.41, 5.74) is 0. The molecule has 5 heteroatoms. The Kier molecular flexibility index (Phi) is 6.12. The molecule has 1 heterocycles. The van der Waals surface area contributed by atoms with Crippen molar-refractivity contribution >= 4 is 11.9 Å². The molecule has 5 nitrogen and oxygen atoms in total. The number of carbonyl (C=O) groups excluding carboxylic acids is 2. The lowest BCUT2D eigenvalue weighted by molar-refractivity contribution is -0.149. The van der Waals surface area contributed by atoms with E-state index in [2.05, 4.69) is 10.2 Å². The molecule has 0 aromatic heterocycles. The molecule has 0 radical (unpaired) electrons. The fourth-order valence-electron chi connectivity index (χ4n) is 2.27. The molecule has 1 atom stereocenters. The second-order valence-electron chi connectivity index (χ2n) is 4.63. The van der Waals surface area contributed by atoms with Crippen LogP contribution in [0.2, 0.25) is 0 Å². The van der Waals surface area contributed by atoms with Gasteiger partial charge in [-0.1, -0.05) is 0 Å². The normalized spacial score (nSPS) is 19.3. The molecular formula is C13H24N2O3. The van der Waals surface area contributed by atoms with E-state index >= 15 is 0 Å². The third-order valence-electron chi connectivity index (χ3n) is 3.43. The van der Waals surface area contributed by atoms with E-state index in [1.54, 1.807) is 0 Å². The number of piperidine rings is 1. The van der Waals surface area contributed by atoms with Crippen LogP contribution in [0.3, 0.4) is 0 Å². The maximum atomic E-state index is 11.7. The monoisotopic (exact) mass is 256 g/mol. The molecule has 0 aromatic rings. The number of rotatable bonds is 5. The number of esters is 1. The highest BCUT2D eigenvalue weighted by Gasteiger charge is 2.30. The molecule has 18 heavy (non-hydrogen) atoms. The molecule has 0 aromatic carbocycles. The molecule has 1 saturated heterocycles. The van der Waals surface area contributed by atoms with Crippen molar-refractivity contribution in [1.82, 2.24) is 10.2 Å². The highest BCUT2D eigenvalue weighted by atomic mass is 16.5. The highest BCUT2D eigenvalue weighted by Crippen LogP contribution is 2.20. The summed E-state index contributed by atoms with van der Waals surface area (Å²) >= 11 is 0. The summed E-state index contributed by atoms with van der Waals surface area (Å²) < 4.78 is 5.03. The summed E-state index contributed by atoms with van der Waals surface area (Å²) in [6.07, 6.45) is 1.56. The molecule has 1 fully saturated rings. The fourth-order valence-corrected chi connectivity index (χ4v) is 2.27. The van der Waals surface area contributed by atoms with E-state index in [0.29, 0.717) is 13.2 Å². The van der Waals surface area contributed by atoms with Gasteiger partial charge in [0, 0.05) is 6.54 Å². The quantitative estimate of drug-likeness (QED) is 0.739. The van der Waals surface area contributed by atoms with Gasteiger partial charge in [0.25, 0.3) is 0 Å². The first-order chi connectivity index (χ1) is 8.60. The predicted molar refractivity (Wildman–Crippen MR) is 69.1 cm³/mol. The van der Waals surface area contributed by atoms with Crippen LogP contribution in [-0.4, -0.2) is 49.1 Å². The van der Waals surface area contributed by atoms with E-state index in [9.17, 15) is 9.59 Å². The Hall–Kier alpha value is -1.10. The predicted octanol–water partition coefficient (Wildman–Crippen LogP) is 0.786. The summed E-state index contributed by atoms with van der Waals surface area (Å²) in [6.45, 7) is 8.30. The third kappa shape index (κ3) is 3.98. The number of ether oxygens (including phenoxy) is 1. The van der Waals surface area contributed by atoms with Crippen LogP contribution in [0.15, 0.2) is 0 Å². The first-order valence-corrected chi connectivity index (χ1v) is 6.78. The Labute approximate surface area is 109 Å². The van der Waals surface area contributed by atoms with Crippen LogP contribution in [-0.2, 0) is 14.3 Å².